The van der Waals surface area contributed by atoms with Crippen molar-refractivity contribution in [3.8, 4) is 0 Å². The van der Waals surface area contributed by atoms with E-state index in [1.165, 1.54) is 6.33 Å². The first-order chi connectivity index (χ1) is 8.55. The third kappa shape index (κ3) is 2.51. The lowest BCUT2D eigenvalue weighted by atomic mass is 10.0. The molecule has 0 radical (unpaired) electrons. The van der Waals surface area contributed by atoms with Gasteiger partial charge in [-0.1, -0.05) is 6.92 Å². The second-order valence-corrected chi connectivity index (χ2v) is 4.82. The van der Waals surface area contributed by atoms with Gasteiger partial charge in [0, 0.05) is 19.6 Å². The highest BCUT2D eigenvalue weighted by Gasteiger charge is 2.41. The Bertz CT molecular complexity index is 433. The third-order valence-electron chi connectivity index (χ3n) is 3.30. The first kappa shape index (κ1) is 13.0. The maximum absolute atomic E-state index is 11.1. The van der Waals surface area contributed by atoms with Gasteiger partial charge in [0.15, 0.2) is 0 Å². The zero-order valence-corrected chi connectivity index (χ0v) is 10.5. The number of likely N-dealkylation sites (tertiary alicyclic amines) is 1. The largest absolute Gasteiger partial charge is 0.480 e. The van der Waals surface area contributed by atoms with E-state index in [2.05, 4.69) is 17.0 Å². The lowest BCUT2D eigenvalue weighted by Gasteiger charge is -2.19. The number of aliphatic carboxylic acids is 1. The van der Waals surface area contributed by atoms with Crippen LogP contribution in [-0.2, 0) is 17.9 Å². The summed E-state index contributed by atoms with van der Waals surface area (Å²) in [5.74, 6) is -0.0634. The highest BCUT2D eigenvalue weighted by atomic mass is 16.4. The van der Waals surface area contributed by atoms with E-state index < -0.39 is 11.5 Å². The fourth-order valence-corrected chi connectivity index (χ4v) is 2.23. The van der Waals surface area contributed by atoms with Gasteiger partial charge in [-0.15, -0.1) is 0 Å². The molecule has 3 N–H and O–H groups in total. The molecule has 1 fully saturated rings. The van der Waals surface area contributed by atoms with E-state index in [1.807, 2.05) is 9.58 Å². The van der Waals surface area contributed by atoms with Crippen LogP contribution in [0.3, 0.4) is 0 Å². The summed E-state index contributed by atoms with van der Waals surface area (Å²) in [7, 11) is 0. The van der Waals surface area contributed by atoms with Crippen molar-refractivity contribution in [3.63, 3.8) is 0 Å². The fourth-order valence-electron chi connectivity index (χ4n) is 2.23. The van der Waals surface area contributed by atoms with Gasteiger partial charge in [-0.05, 0) is 12.8 Å². The molecule has 0 saturated carbocycles. The summed E-state index contributed by atoms with van der Waals surface area (Å²) in [5.41, 5.74) is 4.72. The number of aromatic nitrogens is 3. The molecule has 0 bridgehead atoms. The van der Waals surface area contributed by atoms with E-state index in [0.29, 0.717) is 26.1 Å². The van der Waals surface area contributed by atoms with Gasteiger partial charge in [-0.3, -0.25) is 9.69 Å². The third-order valence-corrected chi connectivity index (χ3v) is 3.30. The van der Waals surface area contributed by atoms with Crippen LogP contribution >= 0.6 is 0 Å². The van der Waals surface area contributed by atoms with Crippen molar-refractivity contribution in [3.05, 3.63) is 12.2 Å². The van der Waals surface area contributed by atoms with Gasteiger partial charge in [-0.25, -0.2) is 9.67 Å². The van der Waals surface area contributed by atoms with Gasteiger partial charge in [0.05, 0.1) is 6.54 Å². The minimum Gasteiger partial charge on any atom is -0.480 e. The van der Waals surface area contributed by atoms with Crippen LogP contribution in [0.15, 0.2) is 6.33 Å². The van der Waals surface area contributed by atoms with E-state index in [-0.39, 0.29) is 0 Å². The summed E-state index contributed by atoms with van der Waals surface area (Å²) < 4.78 is 1.86. The Labute approximate surface area is 106 Å². The van der Waals surface area contributed by atoms with Crippen molar-refractivity contribution in [2.24, 2.45) is 5.73 Å². The van der Waals surface area contributed by atoms with E-state index in [9.17, 15) is 4.79 Å². The molecule has 1 aliphatic rings. The average molecular weight is 253 g/mol. The minimum absolute atomic E-state index is 0.362. The smallest absolute Gasteiger partial charge is 0.325 e. The van der Waals surface area contributed by atoms with Gasteiger partial charge < -0.3 is 10.8 Å². The van der Waals surface area contributed by atoms with E-state index >= 15 is 0 Å². The molecule has 7 nitrogen and oxygen atoms in total. The molecule has 0 amide bonds. The summed E-state index contributed by atoms with van der Waals surface area (Å²) in [6, 6.07) is 0. The number of carbonyl (C=O) groups is 1. The summed E-state index contributed by atoms with van der Waals surface area (Å²) in [4.78, 5) is 17.3. The molecule has 1 aromatic heterocycles. The predicted octanol–water partition coefficient (Wildman–Crippen LogP) is -0.324. The Morgan fingerprint density at radius 3 is 3.06 bits per heavy atom. The van der Waals surface area contributed by atoms with Crippen LogP contribution in [0.4, 0.5) is 0 Å². The van der Waals surface area contributed by atoms with Gasteiger partial charge in [0.1, 0.15) is 17.7 Å². The Balaban J connectivity index is 1.99. The number of aryl methyl sites for hydroxylation is 1. The van der Waals surface area contributed by atoms with Crippen molar-refractivity contribution in [2.45, 2.75) is 38.4 Å². The highest BCUT2D eigenvalue weighted by Crippen LogP contribution is 2.20. The molecule has 100 valence electrons. The lowest BCUT2D eigenvalue weighted by Crippen LogP contribution is -2.50. The molecule has 1 aliphatic heterocycles. The number of rotatable bonds is 5. The number of nitrogens with two attached hydrogens (primary N) is 1. The Kier molecular flexibility index (Phi) is 3.63. The SMILES string of the molecule is CCCn1ncnc1CN1CCC(N)(C(=O)O)C1. The molecule has 7 heteroatoms. The number of carboxylic acids is 1. The molecule has 0 aromatic carbocycles. The van der Waals surface area contributed by atoms with Crippen molar-refractivity contribution >= 4 is 5.97 Å². The van der Waals surface area contributed by atoms with Crippen LogP contribution < -0.4 is 5.73 Å². The van der Waals surface area contributed by atoms with Gasteiger partial charge in [0.25, 0.3) is 0 Å². The number of carboxylic acid groups (broad SMARTS) is 1. The monoisotopic (exact) mass is 253 g/mol. The minimum atomic E-state index is -1.12. The summed E-state index contributed by atoms with van der Waals surface area (Å²) in [6.07, 6.45) is 3.00. The topological polar surface area (TPSA) is 97.3 Å². The van der Waals surface area contributed by atoms with Crippen LogP contribution in [0.5, 0.6) is 0 Å². The Hall–Kier alpha value is -1.47. The van der Waals surface area contributed by atoms with Crippen LogP contribution in [0.25, 0.3) is 0 Å². The average Bonchev–Trinajstić information content (AvgIpc) is 2.89. The van der Waals surface area contributed by atoms with Crippen molar-refractivity contribution in [1.29, 1.82) is 0 Å². The first-order valence-corrected chi connectivity index (χ1v) is 6.16. The molecule has 1 atom stereocenters. The van der Waals surface area contributed by atoms with Crippen LogP contribution in [0.1, 0.15) is 25.6 Å². The van der Waals surface area contributed by atoms with Crippen LogP contribution in [0.2, 0.25) is 0 Å². The molecular weight excluding hydrogens is 234 g/mol. The van der Waals surface area contributed by atoms with E-state index in [0.717, 1.165) is 18.8 Å². The number of hydrogen-bond acceptors (Lipinski definition) is 5. The Morgan fingerprint density at radius 1 is 1.67 bits per heavy atom. The number of nitrogens with zero attached hydrogens (tertiary/aromatic N) is 4. The molecule has 2 rings (SSSR count). The van der Waals surface area contributed by atoms with Crippen molar-refractivity contribution in [1.82, 2.24) is 19.7 Å². The molecule has 1 aromatic rings. The molecule has 1 unspecified atom stereocenters. The maximum Gasteiger partial charge on any atom is 0.325 e. The van der Waals surface area contributed by atoms with Crippen molar-refractivity contribution in [2.75, 3.05) is 13.1 Å². The molecule has 1 saturated heterocycles. The van der Waals surface area contributed by atoms with Gasteiger partial charge in [-0.2, -0.15) is 5.10 Å². The van der Waals surface area contributed by atoms with E-state index in [1.54, 1.807) is 0 Å². The maximum atomic E-state index is 11.1. The lowest BCUT2D eigenvalue weighted by molar-refractivity contribution is -0.142. The first-order valence-electron chi connectivity index (χ1n) is 6.16. The second kappa shape index (κ2) is 5.03. The van der Waals surface area contributed by atoms with E-state index in [4.69, 9.17) is 10.8 Å². The molecule has 0 aliphatic carbocycles. The van der Waals surface area contributed by atoms with Gasteiger partial charge >= 0.3 is 5.97 Å². The second-order valence-electron chi connectivity index (χ2n) is 4.82. The molecule has 18 heavy (non-hydrogen) atoms. The van der Waals surface area contributed by atoms with Crippen LogP contribution in [0, 0.1) is 0 Å². The number of hydrogen-bond donors (Lipinski definition) is 2. The normalized spacial score (nSPS) is 24.6. The van der Waals surface area contributed by atoms with Gasteiger partial charge in [0.2, 0.25) is 0 Å². The zero-order valence-electron chi connectivity index (χ0n) is 10.5. The summed E-state index contributed by atoms with van der Waals surface area (Å²) in [5, 5.41) is 13.2. The fraction of sp³-hybridized carbons (Fsp3) is 0.727. The molecule has 2 heterocycles. The summed E-state index contributed by atoms with van der Waals surface area (Å²) in [6.45, 7) is 4.56. The molecule has 0 spiro atoms. The van der Waals surface area contributed by atoms with Crippen LogP contribution in [-0.4, -0.2) is 49.4 Å². The highest BCUT2D eigenvalue weighted by molar-refractivity contribution is 5.79. The zero-order chi connectivity index (χ0) is 13.2. The quantitative estimate of drug-likeness (QED) is 0.746. The summed E-state index contributed by atoms with van der Waals surface area (Å²) >= 11 is 0. The Morgan fingerprint density at radius 2 is 2.44 bits per heavy atom. The van der Waals surface area contributed by atoms with Crippen molar-refractivity contribution < 1.29 is 9.90 Å². The molecular formula is C11H19N5O2. The standard InChI is InChI=1S/C11H19N5O2/c1-2-4-16-9(13-8-14-16)6-15-5-3-11(12,7-15)10(17)18/h8H,2-7,12H2,1H3,(H,17,18). The predicted molar refractivity (Wildman–Crippen MR) is 64.8 cm³/mol.